The van der Waals surface area contributed by atoms with Crippen LogP contribution >= 0.6 is 0 Å². The quantitative estimate of drug-likeness (QED) is 0.634. The van der Waals surface area contributed by atoms with Crippen molar-refractivity contribution in [1.29, 1.82) is 0 Å². The van der Waals surface area contributed by atoms with Crippen molar-refractivity contribution in [3.05, 3.63) is 39.9 Å². The van der Waals surface area contributed by atoms with E-state index in [2.05, 4.69) is 4.90 Å². The van der Waals surface area contributed by atoms with Crippen LogP contribution in [0.25, 0.3) is 0 Å². The smallest absolute Gasteiger partial charge is 0.269 e. The minimum atomic E-state index is -0.387. The molecule has 92 valence electrons. The molecule has 1 aromatic rings. The second kappa shape index (κ2) is 5.25. The van der Waals surface area contributed by atoms with Crippen LogP contribution in [-0.2, 0) is 6.54 Å². The van der Waals surface area contributed by atoms with E-state index in [0.717, 1.165) is 31.6 Å². The molecule has 0 aliphatic carbocycles. The Balaban J connectivity index is 1.93. The van der Waals surface area contributed by atoms with Gasteiger partial charge in [-0.15, -0.1) is 0 Å². The second-order valence-electron chi connectivity index (χ2n) is 4.50. The van der Waals surface area contributed by atoms with E-state index >= 15 is 0 Å². The lowest BCUT2D eigenvalue weighted by molar-refractivity contribution is -0.384. The average molecular weight is 236 g/mol. The first-order valence-electron chi connectivity index (χ1n) is 5.75. The molecule has 0 bridgehead atoms. The Kier molecular flexibility index (Phi) is 3.71. The Hall–Kier alpha value is -1.46. The third kappa shape index (κ3) is 3.01. The SMILES string of the molecule is O=[N+]([O-])c1ccc(CN2CCC(CO)C2)cc1. The van der Waals surface area contributed by atoms with Crippen molar-refractivity contribution in [2.24, 2.45) is 5.92 Å². The van der Waals surface area contributed by atoms with Gasteiger partial charge in [0.1, 0.15) is 0 Å². The maximum atomic E-state index is 10.5. The van der Waals surface area contributed by atoms with E-state index < -0.39 is 0 Å². The number of nitrogens with zero attached hydrogens (tertiary/aromatic N) is 2. The summed E-state index contributed by atoms with van der Waals surface area (Å²) < 4.78 is 0. The molecule has 1 heterocycles. The van der Waals surface area contributed by atoms with Crippen LogP contribution in [0.5, 0.6) is 0 Å². The fourth-order valence-electron chi connectivity index (χ4n) is 2.19. The molecule has 0 saturated carbocycles. The maximum Gasteiger partial charge on any atom is 0.269 e. The lowest BCUT2D eigenvalue weighted by Gasteiger charge is -2.15. The molecule has 0 amide bonds. The van der Waals surface area contributed by atoms with Gasteiger partial charge in [0.05, 0.1) is 4.92 Å². The zero-order chi connectivity index (χ0) is 12.3. The van der Waals surface area contributed by atoms with Crippen LogP contribution in [0.3, 0.4) is 0 Å². The molecule has 2 rings (SSSR count). The van der Waals surface area contributed by atoms with Gasteiger partial charge in [-0.1, -0.05) is 12.1 Å². The van der Waals surface area contributed by atoms with Gasteiger partial charge in [0.2, 0.25) is 0 Å². The van der Waals surface area contributed by atoms with E-state index in [-0.39, 0.29) is 17.2 Å². The topological polar surface area (TPSA) is 66.6 Å². The first-order chi connectivity index (χ1) is 8.19. The van der Waals surface area contributed by atoms with Gasteiger partial charge in [0.15, 0.2) is 0 Å². The van der Waals surface area contributed by atoms with Gasteiger partial charge in [-0.3, -0.25) is 15.0 Å². The largest absolute Gasteiger partial charge is 0.396 e. The summed E-state index contributed by atoms with van der Waals surface area (Å²) in [6.07, 6.45) is 1.03. The van der Waals surface area contributed by atoms with Crippen molar-refractivity contribution in [3.8, 4) is 0 Å². The number of aliphatic hydroxyl groups is 1. The summed E-state index contributed by atoms with van der Waals surface area (Å²) >= 11 is 0. The molecule has 1 saturated heterocycles. The van der Waals surface area contributed by atoms with Crippen molar-refractivity contribution in [2.75, 3.05) is 19.7 Å². The van der Waals surface area contributed by atoms with Crippen LogP contribution in [-0.4, -0.2) is 34.6 Å². The number of aliphatic hydroxyl groups excluding tert-OH is 1. The fourth-order valence-corrected chi connectivity index (χ4v) is 2.19. The van der Waals surface area contributed by atoms with E-state index in [1.54, 1.807) is 12.1 Å². The predicted octanol–water partition coefficient (Wildman–Crippen LogP) is 1.41. The molecule has 1 aliphatic rings. The summed E-state index contributed by atoms with van der Waals surface area (Å²) in [5.74, 6) is 0.382. The molecule has 0 spiro atoms. The molecular weight excluding hydrogens is 220 g/mol. The maximum absolute atomic E-state index is 10.5. The zero-order valence-electron chi connectivity index (χ0n) is 9.58. The third-order valence-electron chi connectivity index (χ3n) is 3.18. The number of nitro groups is 1. The molecule has 0 radical (unpaired) electrons. The molecule has 5 nitrogen and oxygen atoms in total. The molecular formula is C12H16N2O3. The minimum Gasteiger partial charge on any atom is -0.396 e. The molecule has 17 heavy (non-hydrogen) atoms. The summed E-state index contributed by atoms with van der Waals surface area (Å²) in [4.78, 5) is 12.4. The Morgan fingerprint density at radius 3 is 2.65 bits per heavy atom. The van der Waals surface area contributed by atoms with Crippen molar-refractivity contribution >= 4 is 5.69 Å². The Bertz CT molecular complexity index is 391. The van der Waals surface area contributed by atoms with E-state index in [1.807, 2.05) is 0 Å². The highest BCUT2D eigenvalue weighted by molar-refractivity contribution is 5.32. The van der Waals surface area contributed by atoms with Crippen LogP contribution < -0.4 is 0 Å². The summed E-state index contributed by atoms with van der Waals surface area (Å²) in [5, 5.41) is 19.6. The van der Waals surface area contributed by atoms with Crippen LogP contribution in [0, 0.1) is 16.0 Å². The van der Waals surface area contributed by atoms with E-state index in [4.69, 9.17) is 5.11 Å². The zero-order valence-corrected chi connectivity index (χ0v) is 9.58. The van der Waals surface area contributed by atoms with E-state index in [9.17, 15) is 10.1 Å². The van der Waals surface area contributed by atoms with Crippen LogP contribution in [0.2, 0.25) is 0 Å². The Morgan fingerprint density at radius 2 is 2.12 bits per heavy atom. The summed E-state index contributed by atoms with van der Waals surface area (Å²) in [5.41, 5.74) is 1.21. The van der Waals surface area contributed by atoms with Gasteiger partial charge < -0.3 is 5.11 Å². The number of rotatable bonds is 4. The number of benzene rings is 1. The van der Waals surface area contributed by atoms with Crippen molar-refractivity contribution in [3.63, 3.8) is 0 Å². The van der Waals surface area contributed by atoms with Gasteiger partial charge >= 0.3 is 0 Å². The van der Waals surface area contributed by atoms with Crippen LogP contribution in [0.1, 0.15) is 12.0 Å². The molecule has 1 N–H and O–H groups in total. The minimum absolute atomic E-state index is 0.128. The molecule has 1 fully saturated rings. The fraction of sp³-hybridized carbons (Fsp3) is 0.500. The average Bonchev–Trinajstić information content (AvgIpc) is 2.77. The molecule has 1 aliphatic heterocycles. The van der Waals surface area contributed by atoms with Crippen molar-refractivity contribution < 1.29 is 10.0 Å². The number of non-ortho nitro benzene ring substituents is 1. The van der Waals surface area contributed by atoms with Crippen molar-refractivity contribution in [2.45, 2.75) is 13.0 Å². The van der Waals surface area contributed by atoms with Gasteiger partial charge in [0.25, 0.3) is 5.69 Å². The highest BCUT2D eigenvalue weighted by Crippen LogP contribution is 2.19. The molecule has 1 unspecified atom stereocenters. The molecule has 0 aromatic heterocycles. The Labute approximate surface area is 99.8 Å². The second-order valence-corrected chi connectivity index (χ2v) is 4.50. The van der Waals surface area contributed by atoms with E-state index in [1.165, 1.54) is 12.1 Å². The monoisotopic (exact) mass is 236 g/mol. The normalized spacial score (nSPS) is 20.6. The van der Waals surface area contributed by atoms with Gasteiger partial charge in [-0.05, 0) is 24.4 Å². The molecule has 5 heteroatoms. The Morgan fingerprint density at radius 1 is 1.41 bits per heavy atom. The van der Waals surface area contributed by atoms with Gasteiger partial charge in [0, 0.05) is 31.8 Å². The number of nitro benzene ring substituents is 1. The first kappa shape index (κ1) is 12.0. The van der Waals surface area contributed by atoms with Crippen LogP contribution in [0.4, 0.5) is 5.69 Å². The number of likely N-dealkylation sites (tertiary alicyclic amines) is 1. The van der Waals surface area contributed by atoms with Gasteiger partial charge in [-0.25, -0.2) is 0 Å². The standard InChI is InChI=1S/C12H16N2O3/c15-9-11-5-6-13(8-11)7-10-1-3-12(4-2-10)14(16)17/h1-4,11,15H,5-9H2. The van der Waals surface area contributed by atoms with Crippen LogP contribution in [0.15, 0.2) is 24.3 Å². The molecule has 1 aromatic carbocycles. The van der Waals surface area contributed by atoms with E-state index in [0.29, 0.717) is 5.92 Å². The predicted molar refractivity (Wildman–Crippen MR) is 63.6 cm³/mol. The van der Waals surface area contributed by atoms with Gasteiger partial charge in [-0.2, -0.15) is 0 Å². The number of hydrogen-bond donors (Lipinski definition) is 1. The summed E-state index contributed by atoms with van der Waals surface area (Å²) in [7, 11) is 0. The summed E-state index contributed by atoms with van der Waals surface area (Å²) in [6.45, 7) is 2.95. The summed E-state index contributed by atoms with van der Waals surface area (Å²) in [6, 6.07) is 6.67. The first-order valence-corrected chi connectivity index (χ1v) is 5.75. The third-order valence-corrected chi connectivity index (χ3v) is 3.18. The molecule has 1 atom stereocenters. The highest BCUT2D eigenvalue weighted by atomic mass is 16.6. The highest BCUT2D eigenvalue weighted by Gasteiger charge is 2.21. The van der Waals surface area contributed by atoms with Crippen molar-refractivity contribution in [1.82, 2.24) is 4.90 Å². The number of hydrogen-bond acceptors (Lipinski definition) is 4. The lowest BCUT2D eigenvalue weighted by atomic mass is 10.1. The lowest BCUT2D eigenvalue weighted by Crippen LogP contribution is -2.20.